The van der Waals surface area contributed by atoms with Gasteiger partial charge in [-0.05, 0) is 30.7 Å². The molecule has 0 radical (unpaired) electrons. The fourth-order valence-electron chi connectivity index (χ4n) is 1.72. The molecule has 1 rings (SSSR count). The molecule has 0 saturated heterocycles. The minimum absolute atomic E-state index is 0.254. The van der Waals surface area contributed by atoms with E-state index in [1.165, 1.54) is 12.1 Å². The molecule has 0 heterocycles. The Balaban J connectivity index is 2.78. The molecule has 0 spiro atoms. The van der Waals surface area contributed by atoms with Crippen LogP contribution in [-0.4, -0.2) is 36.8 Å². The molecule has 0 saturated carbocycles. The minimum atomic E-state index is -4.74. The number of hydrogen-bond acceptors (Lipinski definition) is 3. The molecule has 0 aliphatic heterocycles. The summed E-state index contributed by atoms with van der Waals surface area (Å²) in [5.41, 5.74) is 5.74. The first-order valence-electron chi connectivity index (χ1n) is 6.22. The lowest BCUT2D eigenvalue weighted by molar-refractivity contribution is -0.274. The number of alkyl halides is 3. The summed E-state index contributed by atoms with van der Waals surface area (Å²) in [5, 5.41) is 0. The van der Waals surface area contributed by atoms with Gasteiger partial charge in [0.25, 0.3) is 5.91 Å². The molecule has 0 aromatic heterocycles. The van der Waals surface area contributed by atoms with Crippen LogP contribution in [0.25, 0.3) is 0 Å². The van der Waals surface area contributed by atoms with E-state index in [1.807, 2.05) is 6.92 Å². The summed E-state index contributed by atoms with van der Waals surface area (Å²) in [6.45, 7) is 3.22. The van der Waals surface area contributed by atoms with Crippen LogP contribution in [0.5, 0.6) is 5.75 Å². The first-order valence-corrected chi connectivity index (χ1v) is 6.22. The molecule has 0 aliphatic carbocycles. The SMILES string of the molecule is CCCN(CCN)C(=O)c1ccc(OC(F)(F)F)cc1. The van der Waals surface area contributed by atoms with E-state index in [0.717, 1.165) is 18.6 Å². The number of benzene rings is 1. The topological polar surface area (TPSA) is 55.6 Å². The number of hydrogen-bond donors (Lipinski definition) is 1. The van der Waals surface area contributed by atoms with Crippen molar-refractivity contribution in [2.75, 3.05) is 19.6 Å². The molecule has 1 amide bonds. The summed E-state index contributed by atoms with van der Waals surface area (Å²) in [6.07, 6.45) is -3.96. The molecule has 0 aliphatic rings. The Morgan fingerprint density at radius 1 is 1.25 bits per heavy atom. The van der Waals surface area contributed by atoms with Gasteiger partial charge >= 0.3 is 6.36 Å². The number of amides is 1. The average Bonchev–Trinajstić information content (AvgIpc) is 2.37. The molecule has 20 heavy (non-hydrogen) atoms. The standard InChI is InChI=1S/C13H17F3N2O2/c1-2-8-18(9-7-17)12(19)10-3-5-11(6-4-10)20-13(14,15)16/h3-6H,2,7-9,17H2,1H3. The van der Waals surface area contributed by atoms with Crippen LogP contribution >= 0.6 is 0 Å². The third-order valence-electron chi connectivity index (χ3n) is 2.51. The largest absolute Gasteiger partial charge is 0.573 e. The zero-order valence-electron chi connectivity index (χ0n) is 11.1. The summed E-state index contributed by atoms with van der Waals surface area (Å²) in [5.74, 6) is -0.606. The number of nitrogens with two attached hydrogens (primary N) is 1. The second-order valence-electron chi connectivity index (χ2n) is 4.15. The van der Waals surface area contributed by atoms with Crippen LogP contribution in [0.2, 0.25) is 0 Å². The van der Waals surface area contributed by atoms with Gasteiger partial charge in [-0.3, -0.25) is 4.79 Å². The van der Waals surface area contributed by atoms with E-state index in [0.29, 0.717) is 25.2 Å². The molecule has 0 fully saturated rings. The van der Waals surface area contributed by atoms with E-state index in [4.69, 9.17) is 5.73 Å². The van der Waals surface area contributed by atoms with Crippen molar-refractivity contribution in [1.82, 2.24) is 4.90 Å². The Kier molecular flexibility index (Phi) is 5.82. The van der Waals surface area contributed by atoms with Gasteiger partial charge in [0, 0.05) is 25.2 Å². The molecule has 4 nitrogen and oxygen atoms in total. The Bertz CT molecular complexity index is 426. The number of halogens is 3. The zero-order chi connectivity index (χ0) is 15.2. The van der Waals surface area contributed by atoms with Crippen molar-refractivity contribution in [3.05, 3.63) is 29.8 Å². The lowest BCUT2D eigenvalue weighted by Crippen LogP contribution is -2.35. The van der Waals surface area contributed by atoms with Crippen LogP contribution in [0.4, 0.5) is 13.2 Å². The Labute approximate surface area is 115 Å². The van der Waals surface area contributed by atoms with Crippen LogP contribution in [0.1, 0.15) is 23.7 Å². The third kappa shape index (κ3) is 5.08. The summed E-state index contributed by atoms with van der Waals surface area (Å²) < 4.78 is 39.8. The number of rotatable bonds is 6. The first kappa shape index (κ1) is 16.3. The summed E-state index contributed by atoms with van der Waals surface area (Å²) in [6, 6.07) is 4.85. The highest BCUT2D eigenvalue weighted by atomic mass is 19.4. The van der Waals surface area contributed by atoms with Gasteiger partial charge in [0.15, 0.2) is 0 Å². The highest BCUT2D eigenvalue weighted by molar-refractivity contribution is 5.94. The van der Waals surface area contributed by atoms with Gasteiger partial charge in [0.1, 0.15) is 5.75 Å². The monoisotopic (exact) mass is 290 g/mol. The van der Waals surface area contributed by atoms with Crippen molar-refractivity contribution in [2.45, 2.75) is 19.7 Å². The van der Waals surface area contributed by atoms with Gasteiger partial charge in [-0.25, -0.2) is 0 Å². The van der Waals surface area contributed by atoms with E-state index >= 15 is 0 Å². The fourth-order valence-corrected chi connectivity index (χ4v) is 1.72. The van der Waals surface area contributed by atoms with Crippen molar-refractivity contribution in [1.29, 1.82) is 0 Å². The summed E-state index contributed by atoms with van der Waals surface area (Å²) in [4.78, 5) is 13.7. The lowest BCUT2D eigenvalue weighted by atomic mass is 10.2. The van der Waals surface area contributed by atoms with E-state index in [2.05, 4.69) is 4.74 Å². The van der Waals surface area contributed by atoms with Crippen molar-refractivity contribution in [3.63, 3.8) is 0 Å². The number of carbonyl (C=O) groups is 1. The lowest BCUT2D eigenvalue weighted by Gasteiger charge is -2.21. The molecular formula is C13H17F3N2O2. The van der Waals surface area contributed by atoms with Gasteiger partial charge < -0.3 is 15.4 Å². The Hall–Kier alpha value is -1.76. The van der Waals surface area contributed by atoms with Gasteiger partial charge in [0.2, 0.25) is 0 Å². The maximum atomic E-state index is 12.1. The van der Waals surface area contributed by atoms with Crippen LogP contribution in [0.15, 0.2) is 24.3 Å². The molecular weight excluding hydrogens is 273 g/mol. The van der Waals surface area contributed by atoms with Crippen molar-refractivity contribution >= 4 is 5.91 Å². The van der Waals surface area contributed by atoms with Crippen molar-refractivity contribution < 1.29 is 22.7 Å². The highest BCUT2D eigenvalue weighted by Gasteiger charge is 2.31. The smallest absolute Gasteiger partial charge is 0.406 e. The quantitative estimate of drug-likeness (QED) is 0.875. The molecule has 1 aromatic rings. The second-order valence-corrected chi connectivity index (χ2v) is 4.15. The van der Waals surface area contributed by atoms with Crippen LogP contribution in [0.3, 0.4) is 0 Å². The summed E-state index contributed by atoms with van der Waals surface area (Å²) in [7, 11) is 0. The molecule has 112 valence electrons. The van der Waals surface area contributed by atoms with Crippen molar-refractivity contribution in [2.24, 2.45) is 5.73 Å². The van der Waals surface area contributed by atoms with Gasteiger partial charge in [-0.1, -0.05) is 6.92 Å². The second kappa shape index (κ2) is 7.14. The van der Waals surface area contributed by atoms with E-state index in [1.54, 1.807) is 4.90 Å². The van der Waals surface area contributed by atoms with Gasteiger partial charge in [0.05, 0.1) is 0 Å². The zero-order valence-corrected chi connectivity index (χ0v) is 11.1. The van der Waals surface area contributed by atoms with Crippen LogP contribution in [0, 0.1) is 0 Å². The Morgan fingerprint density at radius 2 is 1.85 bits per heavy atom. The maximum Gasteiger partial charge on any atom is 0.573 e. The molecule has 2 N–H and O–H groups in total. The fraction of sp³-hybridized carbons (Fsp3) is 0.462. The first-order chi connectivity index (χ1) is 9.37. The van der Waals surface area contributed by atoms with E-state index in [-0.39, 0.29) is 11.7 Å². The third-order valence-corrected chi connectivity index (χ3v) is 2.51. The predicted molar refractivity (Wildman–Crippen MR) is 68.4 cm³/mol. The van der Waals surface area contributed by atoms with Crippen molar-refractivity contribution in [3.8, 4) is 5.75 Å². The molecule has 0 atom stereocenters. The normalized spacial score (nSPS) is 11.2. The molecule has 0 bridgehead atoms. The van der Waals surface area contributed by atoms with E-state index < -0.39 is 6.36 Å². The van der Waals surface area contributed by atoms with Gasteiger partial charge in [-0.15, -0.1) is 13.2 Å². The van der Waals surface area contributed by atoms with Crippen LogP contribution < -0.4 is 10.5 Å². The number of nitrogens with zero attached hydrogens (tertiary/aromatic N) is 1. The number of carbonyl (C=O) groups excluding carboxylic acids is 1. The predicted octanol–water partition coefficient (Wildman–Crippen LogP) is 2.40. The maximum absolute atomic E-state index is 12.1. The van der Waals surface area contributed by atoms with Crippen LogP contribution in [-0.2, 0) is 0 Å². The minimum Gasteiger partial charge on any atom is -0.406 e. The molecule has 1 aromatic carbocycles. The molecule has 7 heteroatoms. The average molecular weight is 290 g/mol. The van der Waals surface area contributed by atoms with Gasteiger partial charge in [-0.2, -0.15) is 0 Å². The highest BCUT2D eigenvalue weighted by Crippen LogP contribution is 2.23. The molecule has 0 unspecified atom stereocenters. The van der Waals surface area contributed by atoms with E-state index in [9.17, 15) is 18.0 Å². The number of ether oxygens (including phenoxy) is 1. The summed E-state index contributed by atoms with van der Waals surface area (Å²) >= 11 is 0. The Morgan fingerprint density at radius 3 is 2.30 bits per heavy atom.